The van der Waals surface area contributed by atoms with Crippen LogP contribution in [0, 0.1) is 0 Å². The summed E-state index contributed by atoms with van der Waals surface area (Å²) in [5.41, 5.74) is 2.31. The molecule has 0 N–H and O–H groups in total. The Kier molecular flexibility index (Phi) is 6.19. The minimum absolute atomic E-state index is 0.0910. The van der Waals surface area contributed by atoms with Crippen molar-refractivity contribution in [3.05, 3.63) is 70.4 Å². The first-order chi connectivity index (χ1) is 10.2. The van der Waals surface area contributed by atoms with Gasteiger partial charge < -0.3 is 0 Å². The largest absolute Gasteiger partial charge is 0.290 e. The Labute approximate surface area is 135 Å². The van der Waals surface area contributed by atoms with Gasteiger partial charge in [-0.25, -0.2) is 0 Å². The lowest BCUT2D eigenvalue weighted by molar-refractivity contribution is 0.756. The van der Waals surface area contributed by atoms with E-state index in [0.717, 1.165) is 29.9 Å². The standard InChI is InChI=1S/C18H22OS2/c1-3-15(2)9-7-12-18(20-13-8-14-21-18)16-10-5-4-6-11-17(16)19/h3-6,9-11H,1,7-8,12-14H2,2H3/b15-9+. The van der Waals surface area contributed by atoms with Crippen LogP contribution in [0.2, 0.25) is 0 Å². The average Bonchev–Trinajstić information content (AvgIpc) is 2.73. The van der Waals surface area contributed by atoms with Gasteiger partial charge in [-0.3, -0.25) is 4.79 Å². The van der Waals surface area contributed by atoms with Crippen molar-refractivity contribution in [2.24, 2.45) is 0 Å². The van der Waals surface area contributed by atoms with Gasteiger partial charge in [0.15, 0.2) is 5.43 Å². The molecule has 0 unspecified atom stereocenters. The molecule has 112 valence electrons. The van der Waals surface area contributed by atoms with Crippen LogP contribution in [0.3, 0.4) is 0 Å². The van der Waals surface area contributed by atoms with E-state index in [1.807, 2.05) is 53.9 Å². The number of allylic oxidation sites excluding steroid dienone is 3. The molecule has 1 nitrogen and oxygen atoms in total. The Balaban J connectivity index is 2.31. The molecule has 2 rings (SSSR count). The molecule has 0 aromatic heterocycles. The van der Waals surface area contributed by atoms with E-state index in [4.69, 9.17) is 0 Å². The van der Waals surface area contributed by atoms with Crippen LogP contribution in [-0.2, 0) is 4.08 Å². The molecule has 3 heteroatoms. The molecule has 1 saturated heterocycles. The van der Waals surface area contributed by atoms with Crippen molar-refractivity contribution in [3.8, 4) is 0 Å². The first-order valence-corrected chi connectivity index (χ1v) is 9.32. The Bertz CT molecular complexity index is 571. The van der Waals surface area contributed by atoms with Gasteiger partial charge in [-0.1, -0.05) is 48.6 Å². The Morgan fingerprint density at radius 1 is 1.29 bits per heavy atom. The van der Waals surface area contributed by atoms with Crippen molar-refractivity contribution in [1.82, 2.24) is 0 Å². The van der Waals surface area contributed by atoms with Gasteiger partial charge in [0.25, 0.3) is 0 Å². The number of thioether (sulfide) groups is 2. The quantitative estimate of drug-likeness (QED) is 0.713. The molecule has 1 heterocycles. The van der Waals surface area contributed by atoms with Gasteiger partial charge in [-0.15, -0.1) is 23.5 Å². The highest BCUT2D eigenvalue weighted by atomic mass is 32.2. The monoisotopic (exact) mass is 318 g/mol. The van der Waals surface area contributed by atoms with Gasteiger partial charge in [0.2, 0.25) is 0 Å². The zero-order valence-electron chi connectivity index (χ0n) is 12.5. The fraction of sp³-hybridized carbons (Fsp3) is 0.389. The second-order valence-corrected chi connectivity index (χ2v) is 8.23. The second-order valence-electron chi connectivity index (χ2n) is 5.18. The second kappa shape index (κ2) is 7.90. The van der Waals surface area contributed by atoms with Crippen LogP contribution in [0.25, 0.3) is 0 Å². The molecule has 0 atom stereocenters. The van der Waals surface area contributed by atoms with E-state index in [-0.39, 0.29) is 9.51 Å². The Morgan fingerprint density at radius 3 is 2.71 bits per heavy atom. The normalized spacial score (nSPS) is 18.2. The summed E-state index contributed by atoms with van der Waals surface area (Å²) in [4.78, 5) is 12.4. The lowest BCUT2D eigenvalue weighted by Gasteiger charge is -2.35. The summed E-state index contributed by atoms with van der Waals surface area (Å²) in [7, 11) is 0. The molecule has 0 radical (unpaired) electrons. The summed E-state index contributed by atoms with van der Waals surface area (Å²) in [5, 5.41) is 0. The van der Waals surface area contributed by atoms with E-state index >= 15 is 0 Å². The van der Waals surface area contributed by atoms with E-state index in [1.54, 1.807) is 6.07 Å². The van der Waals surface area contributed by atoms with Crippen molar-refractivity contribution in [3.63, 3.8) is 0 Å². The number of hydrogen-bond acceptors (Lipinski definition) is 3. The van der Waals surface area contributed by atoms with E-state index in [9.17, 15) is 4.79 Å². The van der Waals surface area contributed by atoms with Crippen LogP contribution in [0.4, 0.5) is 0 Å². The third-order valence-corrected chi connectivity index (χ3v) is 7.10. The average molecular weight is 319 g/mol. The first kappa shape index (κ1) is 16.4. The maximum absolute atomic E-state index is 12.4. The van der Waals surface area contributed by atoms with Crippen LogP contribution in [0.5, 0.6) is 0 Å². The summed E-state index contributed by atoms with van der Waals surface area (Å²) in [6.45, 7) is 5.87. The highest BCUT2D eigenvalue weighted by molar-refractivity contribution is 8.18. The summed E-state index contributed by atoms with van der Waals surface area (Å²) < 4.78 is -0.0910. The minimum Gasteiger partial charge on any atom is -0.290 e. The maximum atomic E-state index is 12.4. The lowest BCUT2D eigenvalue weighted by Crippen LogP contribution is -2.28. The van der Waals surface area contributed by atoms with Crippen LogP contribution in [0.15, 0.2) is 59.4 Å². The predicted octanol–water partition coefficient (Wildman–Crippen LogP) is 4.98. The van der Waals surface area contributed by atoms with E-state index in [2.05, 4.69) is 19.6 Å². The molecule has 1 aromatic rings. The fourth-order valence-corrected chi connectivity index (χ4v) is 5.85. The molecule has 21 heavy (non-hydrogen) atoms. The predicted molar refractivity (Wildman–Crippen MR) is 97.1 cm³/mol. The minimum atomic E-state index is -0.0910. The van der Waals surface area contributed by atoms with Crippen LogP contribution >= 0.6 is 23.5 Å². The van der Waals surface area contributed by atoms with Gasteiger partial charge >= 0.3 is 0 Å². The van der Waals surface area contributed by atoms with Gasteiger partial charge in [-0.05, 0) is 43.8 Å². The summed E-state index contributed by atoms with van der Waals surface area (Å²) in [6.07, 6.45) is 7.31. The third kappa shape index (κ3) is 4.27. The van der Waals surface area contributed by atoms with Crippen molar-refractivity contribution in [1.29, 1.82) is 0 Å². The Morgan fingerprint density at radius 2 is 2.00 bits per heavy atom. The molecule has 1 aliphatic heterocycles. The maximum Gasteiger partial charge on any atom is 0.184 e. The molecule has 0 bridgehead atoms. The van der Waals surface area contributed by atoms with E-state index in [1.165, 1.54) is 12.0 Å². The van der Waals surface area contributed by atoms with Crippen molar-refractivity contribution in [2.75, 3.05) is 11.5 Å². The van der Waals surface area contributed by atoms with Gasteiger partial charge in [0.05, 0.1) is 4.08 Å². The molecule has 1 aromatic carbocycles. The van der Waals surface area contributed by atoms with Crippen LogP contribution < -0.4 is 5.43 Å². The molecule has 1 fully saturated rings. The smallest absolute Gasteiger partial charge is 0.184 e. The molecular weight excluding hydrogens is 296 g/mol. The van der Waals surface area contributed by atoms with Crippen molar-refractivity contribution < 1.29 is 0 Å². The van der Waals surface area contributed by atoms with Crippen LogP contribution in [0.1, 0.15) is 31.7 Å². The summed E-state index contributed by atoms with van der Waals surface area (Å²) in [6, 6.07) is 9.45. The van der Waals surface area contributed by atoms with Crippen molar-refractivity contribution >= 4 is 23.5 Å². The lowest BCUT2D eigenvalue weighted by atomic mass is 10.1. The highest BCUT2D eigenvalue weighted by Crippen LogP contribution is 2.52. The van der Waals surface area contributed by atoms with Gasteiger partial charge in [0, 0.05) is 5.56 Å². The first-order valence-electron chi connectivity index (χ1n) is 7.35. The Hall–Kier alpha value is -0.930. The SMILES string of the molecule is C=C/C(C)=C/CCC1(c2cccccc2=O)SCCCS1. The fourth-order valence-electron chi connectivity index (χ4n) is 2.43. The van der Waals surface area contributed by atoms with Gasteiger partial charge in [0.1, 0.15) is 0 Å². The zero-order chi connectivity index (χ0) is 15.1. The number of hydrogen-bond donors (Lipinski definition) is 0. The molecule has 0 aliphatic carbocycles. The summed E-state index contributed by atoms with van der Waals surface area (Å²) in [5.74, 6) is 2.27. The number of rotatable bonds is 5. The zero-order valence-corrected chi connectivity index (χ0v) is 14.1. The molecule has 0 saturated carbocycles. The molecule has 0 amide bonds. The molecule has 1 aliphatic rings. The van der Waals surface area contributed by atoms with Crippen molar-refractivity contribution in [2.45, 2.75) is 30.3 Å². The third-order valence-electron chi connectivity index (χ3n) is 3.63. The molecular formula is C18H22OS2. The van der Waals surface area contributed by atoms with Gasteiger partial charge in [-0.2, -0.15) is 0 Å². The van der Waals surface area contributed by atoms with Crippen LogP contribution in [-0.4, -0.2) is 11.5 Å². The highest BCUT2D eigenvalue weighted by Gasteiger charge is 2.36. The van der Waals surface area contributed by atoms with E-state index in [0.29, 0.717) is 0 Å². The summed E-state index contributed by atoms with van der Waals surface area (Å²) >= 11 is 3.88. The topological polar surface area (TPSA) is 17.1 Å². The van der Waals surface area contributed by atoms with E-state index < -0.39 is 0 Å². The molecule has 0 spiro atoms.